The van der Waals surface area contributed by atoms with Gasteiger partial charge in [0.1, 0.15) is 5.82 Å². The Bertz CT molecular complexity index is 692. The molecule has 0 aliphatic carbocycles. The zero-order valence-corrected chi connectivity index (χ0v) is 17.6. The van der Waals surface area contributed by atoms with Gasteiger partial charge in [-0.05, 0) is 12.3 Å². The molecule has 28 heavy (non-hydrogen) atoms. The summed E-state index contributed by atoms with van der Waals surface area (Å²) in [7, 11) is 5.16. The summed E-state index contributed by atoms with van der Waals surface area (Å²) in [6.07, 6.45) is 2.32. The molecule has 1 aromatic rings. The molecule has 2 rings (SSSR count). The van der Waals surface area contributed by atoms with Crippen LogP contribution in [0.2, 0.25) is 0 Å². The Kier molecular flexibility index (Phi) is 7.56. The number of anilines is 1. The molecule has 0 aromatic carbocycles. The van der Waals surface area contributed by atoms with Crippen LogP contribution in [0.1, 0.15) is 36.6 Å². The number of piperazine rings is 1. The quantitative estimate of drug-likeness (QED) is 0.569. The Morgan fingerprint density at radius 2 is 1.79 bits per heavy atom. The third kappa shape index (κ3) is 5.09. The van der Waals surface area contributed by atoms with E-state index in [1.54, 1.807) is 4.90 Å². The van der Waals surface area contributed by atoms with Gasteiger partial charge in [-0.15, -0.1) is 0 Å². The largest absolute Gasteiger partial charge is 0.361 e. The molecule has 0 radical (unpaired) electrons. The summed E-state index contributed by atoms with van der Waals surface area (Å²) in [6, 6.07) is 0. The maximum absolute atomic E-state index is 12.9. The number of carbonyl (C=O) groups is 3. The van der Waals surface area contributed by atoms with E-state index in [2.05, 4.69) is 18.7 Å². The number of hydrogen-bond donors (Lipinski definition) is 0. The molecule has 1 aromatic heterocycles. The predicted molar refractivity (Wildman–Crippen MR) is 107 cm³/mol. The standard InChI is InChI=1S/C19H32N6O3/c1-15(2)6-7-25-16(12-23-8-10-24(14-27)11-9-23)20-18(21(3)4)17(25)19(28)22(5)13-26/h13-15H,6-12H2,1-5H3. The SMILES string of the molecule is CC(C)CCn1c(CN2CCN(C=O)CC2)nc(N(C)C)c1C(=O)N(C)C=O. The van der Waals surface area contributed by atoms with Crippen molar-refractivity contribution in [1.82, 2.24) is 24.3 Å². The number of imide groups is 1. The number of rotatable bonds is 9. The van der Waals surface area contributed by atoms with Crippen LogP contribution in [0.3, 0.4) is 0 Å². The highest BCUT2D eigenvalue weighted by Gasteiger charge is 2.28. The second kappa shape index (κ2) is 9.68. The van der Waals surface area contributed by atoms with Gasteiger partial charge >= 0.3 is 0 Å². The summed E-state index contributed by atoms with van der Waals surface area (Å²) in [6.45, 7) is 8.46. The van der Waals surface area contributed by atoms with Gasteiger partial charge in [-0.2, -0.15) is 0 Å². The minimum atomic E-state index is -0.355. The fourth-order valence-electron chi connectivity index (χ4n) is 3.20. The molecule has 0 atom stereocenters. The summed E-state index contributed by atoms with van der Waals surface area (Å²) in [5.41, 5.74) is 0.446. The van der Waals surface area contributed by atoms with Gasteiger partial charge in [-0.25, -0.2) is 4.98 Å². The van der Waals surface area contributed by atoms with Gasteiger partial charge in [-0.3, -0.25) is 24.2 Å². The lowest BCUT2D eigenvalue weighted by molar-refractivity contribution is -0.119. The average molecular weight is 393 g/mol. The van der Waals surface area contributed by atoms with Crippen molar-refractivity contribution in [1.29, 1.82) is 0 Å². The van der Waals surface area contributed by atoms with E-state index in [4.69, 9.17) is 4.98 Å². The highest BCUT2D eigenvalue weighted by Crippen LogP contribution is 2.24. The van der Waals surface area contributed by atoms with Gasteiger partial charge in [-0.1, -0.05) is 13.8 Å². The van der Waals surface area contributed by atoms with E-state index in [0.29, 0.717) is 50.0 Å². The van der Waals surface area contributed by atoms with Crippen LogP contribution in [-0.2, 0) is 22.7 Å². The van der Waals surface area contributed by atoms with E-state index >= 15 is 0 Å². The molecule has 1 saturated heterocycles. The zero-order valence-electron chi connectivity index (χ0n) is 17.6. The van der Waals surface area contributed by atoms with Crippen molar-refractivity contribution in [3.63, 3.8) is 0 Å². The van der Waals surface area contributed by atoms with E-state index in [-0.39, 0.29) is 5.91 Å². The Balaban J connectivity index is 2.38. The molecule has 0 bridgehead atoms. The van der Waals surface area contributed by atoms with E-state index in [0.717, 1.165) is 36.6 Å². The van der Waals surface area contributed by atoms with E-state index in [9.17, 15) is 14.4 Å². The van der Waals surface area contributed by atoms with Gasteiger partial charge in [0, 0.05) is 53.9 Å². The molecule has 0 spiro atoms. The lowest BCUT2D eigenvalue weighted by Gasteiger charge is -2.32. The van der Waals surface area contributed by atoms with Gasteiger partial charge in [0.25, 0.3) is 5.91 Å². The molecule has 0 unspecified atom stereocenters. The number of amides is 3. The summed E-state index contributed by atoms with van der Waals surface area (Å²) >= 11 is 0. The molecule has 156 valence electrons. The summed E-state index contributed by atoms with van der Waals surface area (Å²) in [4.78, 5) is 46.7. The average Bonchev–Trinajstić information content (AvgIpc) is 3.04. The summed E-state index contributed by atoms with van der Waals surface area (Å²) < 4.78 is 1.96. The van der Waals surface area contributed by atoms with Crippen molar-refractivity contribution in [2.24, 2.45) is 5.92 Å². The van der Waals surface area contributed by atoms with E-state index in [1.807, 2.05) is 23.6 Å². The first-order valence-corrected chi connectivity index (χ1v) is 9.69. The zero-order chi connectivity index (χ0) is 20.8. The van der Waals surface area contributed by atoms with Crippen molar-refractivity contribution in [3.05, 3.63) is 11.5 Å². The topological polar surface area (TPSA) is 82.0 Å². The highest BCUT2D eigenvalue weighted by atomic mass is 16.2. The van der Waals surface area contributed by atoms with Gasteiger partial charge < -0.3 is 14.4 Å². The Labute approximate surface area is 166 Å². The lowest BCUT2D eigenvalue weighted by atomic mass is 10.1. The van der Waals surface area contributed by atoms with Crippen molar-refractivity contribution in [2.75, 3.05) is 52.2 Å². The molecule has 2 heterocycles. The van der Waals surface area contributed by atoms with Crippen molar-refractivity contribution >= 4 is 24.5 Å². The van der Waals surface area contributed by atoms with Crippen LogP contribution >= 0.6 is 0 Å². The normalized spacial score (nSPS) is 15.0. The van der Waals surface area contributed by atoms with Crippen molar-refractivity contribution < 1.29 is 14.4 Å². The van der Waals surface area contributed by atoms with E-state index < -0.39 is 0 Å². The first-order chi connectivity index (χ1) is 13.3. The third-order valence-electron chi connectivity index (χ3n) is 4.98. The lowest BCUT2D eigenvalue weighted by Crippen LogP contribution is -2.45. The van der Waals surface area contributed by atoms with Crippen LogP contribution < -0.4 is 4.90 Å². The molecule has 9 heteroatoms. The molecule has 0 saturated carbocycles. The Morgan fingerprint density at radius 3 is 2.29 bits per heavy atom. The maximum Gasteiger partial charge on any atom is 0.280 e. The predicted octanol–water partition coefficient (Wildman–Crippen LogP) is 0.498. The Hall–Kier alpha value is -2.42. The first-order valence-electron chi connectivity index (χ1n) is 9.69. The van der Waals surface area contributed by atoms with Gasteiger partial charge in [0.2, 0.25) is 12.8 Å². The minimum absolute atomic E-state index is 0.355. The molecule has 1 fully saturated rings. The van der Waals surface area contributed by atoms with E-state index in [1.165, 1.54) is 7.05 Å². The number of imidazole rings is 1. The Morgan fingerprint density at radius 1 is 1.14 bits per heavy atom. The first kappa shape index (κ1) is 21.9. The van der Waals surface area contributed by atoms with Crippen LogP contribution in [0.25, 0.3) is 0 Å². The highest BCUT2D eigenvalue weighted by molar-refractivity contribution is 6.02. The van der Waals surface area contributed by atoms with Crippen molar-refractivity contribution in [2.45, 2.75) is 33.4 Å². The van der Waals surface area contributed by atoms with Crippen LogP contribution in [0.15, 0.2) is 0 Å². The monoisotopic (exact) mass is 392 g/mol. The molecule has 1 aliphatic heterocycles. The van der Waals surface area contributed by atoms with Gasteiger partial charge in [0.15, 0.2) is 11.5 Å². The van der Waals surface area contributed by atoms with Crippen LogP contribution in [0.5, 0.6) is 0 Å². The number of carbonyl (C=O) groups excluding carboxylic acids is 3. The second-order valence-electron chi connectivity index (χ2n) is 7.87. The minimum Gasteiger partial charge on any atom is -0.361 e. The number of aromatic nitrogens is 2. The van der Waals surface area contributed by atoms with Crippen LogP contribution in [0.4, 0.5) is 5.82 Å². The molecule has 9 nitrogen and oxygen atoms in total. The number of hydrogen-bond acceptors (Lipinski definition) is 6. The van der Waals surface area contributed by atoms with Crippen LogP contribution in [-0.4, -0.2) is 90.3 Å². The summed E-state index contributed by atoms with van der Waals surface area (Å²) in [5, 5.41) is 0. The molecule has 1 aliphatic rings. The van der Waals surface area contributed by atoms with Crippen molar-refractivity contribution in [3.8, 4) is 0 Å². The third-order valence-corrected chi connectivity index (χ3v) is 4.98. The smallest absolute Gasteiger partial charge is 0.280 e. The maximum atomic E-state index is 12.9. The second-order valence-corrected chi connectivity index (χ2v) is 7.87. The number of nitrogens with zero attached hydrogens (tertiary/aromatic N) is 6. The van der Waals surface area contributed by atoms with Gasteiger partial charge in [0.05, 0.1) is 6.54 Å². The molecule has 0 N–H and O–H groups in total. The summed E-state index contributed by atoms with van der Waals surface area (Å²) in [5.74, 6) is 1.50. The fourth-order valence-corrected chi connectivity index (χ4v) is 3.20. The van der Waals surface area contributed by atoms with Crippen LogP contribution in [0, 0.1) is 5.92 Å². The fraction of sp³-hybridized carbons (Fsp3) is 0.684. The molecular weight excluding hydrogens is 360 g/mol. The molecule has 3 amide bonds. The molecular formula is C19H32N6O3.